The molecule has 0 radical (unpaired) electrons. The summed E-state index contributed by atoms with van der Waals surface area (Å²) in [6, 6.07) is 23.4. The lowest BCUT2D eigenvalue weighted by Gasteiger charge is -2.28. The smallest absolute Gasteiger partial charge is 0.255 e. The maximum atomic E-state index is 13.2. The summed E-state index contributed by atoms with van der Waals surface area (Å²) >= 11 is 0. The van der Waals surface area contributed by atoms with Crippen LogP contribution in [0.2, 0.25) is 0 Å². The van der Waals surface area contributed by atoms with E-state index in [1.165, 1.54) is 0 Å². The van der Waals surface area contributed by atoms with E-state index in [0.29, 0.717) is 54.1 Å². The van der Waals surface area contributed by atoms with Crippen molar-refractivity contribution in [3.8, 4) is 6.07 Å². The first-order chi connectivity index (χ1) is 20.4. The van der Waals surface area contributed by atoms with Crippen LogP contribution in [0.3, 0.4) is 0 Å². The number of benzene rings is 3. The maximum Gasteiger partial charge on any atom is 0.255 e. The Bertz CT molecular complexity index is 1460. The van der Waals surface area contributed by atoms with Crippen LogP contribution in [0.5, 0.6) is 0 Å². The normalized spacial score (nSPS) is 18.9. The van der Waals surface area contributed by atoms with Crippen LogP contribution in [0.1, 0.15) is 68.7 Å². The quantitative estimate of drug-likeness (QED) is 0.412. The molecule has 3 aromatic carbocycles. The van der Waals surface area contributed by atoms with Crippen molar-refractivity contribution in [2.75, 3.05) is 36.4 Å². The van der Waals surface area contributed by atoms with Crippen molar-refractivity contribution in [2.45, 2.75) is 44.2 Å². The van der Waals surface area contributed by atoms with E-state index >= 15 is 0 Å². The molecule has 0 aromatic heterocycles. The number of rotatable bonds is 6. The molecule has 1 aliphatic carbocycles. The Morgan fingerprint density at radius 2 is 1.50 bits per heavy atom. The van der Waals surface area contributed by atoms with Crippen molar-refractivity contribution in [2.24, 2.45) is 5.73 Å². The molecule has 216 valence electrons. The summed E-state index contributed by atoms with van der Waals surface area (Å²) in [6.45, 7) is 2.33. The molecule has 1 saturated heterocycles. The Hall–Kier alpha value is -4.68. The first kappa shape index (κ1) is 28.8. The molecule has 42 heavy (non-hydrogen) atoms. The lowest BCUT2D eigenvalue weighted by atomic mass is 9.91. The highest BCUT2D eigenvalue weighted by Crippen LogP contribution is 2.30. The number of carbonyl (C=O) groups excluding carboxylic acids is 3. The second kappa shape index (κ2) is 13.3. The first-order valence-corrected chi connectivity index (χ1v) is 14.5. The molecular weight excluding hydrogens is 528 g/mol. The van der Waals surface area contributed by atoms with E-state index in [1.54, 1.807) is 48.5 Å². The van der Waals surface area contributed by atoms with Crippen molar-refractivity contribution in [1.82, 2.24) is 10.2 Å². The predicted octanol–water partition coefficient (Wildman–Crippen LogP) is 4.16. The summed E-state index contributed by atoms with van der Waals surface area (Å²) in [5.74, 6) is -0.509. The number of amides is 3. The van der Waals surface area contributed by atoms with Gasteiger partial charge in [0.2, 0.25) is 0 Å². The number of carbonyl (C=O) groups is 3. The molecule has 1 aliphatic heterocycles. The van der Waals surface area contributed by atoms with Gasteiger partial charge in [-0.3, -0.25) is 14.4 Å². The van der Waals surface area contributed by atoms with Gasteiger partial charge in [-0.2, -0.15) is 5.26 Å². The van der Waals surface area contributed by atoms with Crippen LogP contribution in [0.25, 0.3) is 0 Å². The SMILES string of the molecule is N#Cc1ccc(C(=O)N2CCCN(c3ccc(C(=O)NC4CCC(N)CC4)cc3NC(=O)c3ccccc3)CC2)cc1. The molecule has 4 N–H and O–H groups in total. The Morgan fingerprint density at radius 3 is 2.21 bits per heavy atom. The summed E-state index contributed by atoms with van der Waals surface area (Å²) < 4.78 is 0. The van der Waals surface area contributed by atoms with E-state index in [1.807, 2.05) is 29.2 Å². The number of nitrogens with two attached hydrogens (primary N) is 1. The summed E-state index contributed by atoms with van der Waals surface area (Å²) in [5, 5.41) is 15.2. The van der Waals surface area contributed by atoms with Crippen molar-refractivity contribution >= 4 is 29.1 Å². The highest BCUT2D eigenvalue weighted by atomic mass is 16.2. The van der Waals surface area contributed by atoms with Gasteiger partial charge < -0.3 is 26.2 Å². The predicted molar refractivity (Wildman–Crippen MR) is 162 cm³/mol. The molecule has 5 rings (SSSR count). The fraction of sp³-hybridized carbons (Fsp3) is 0.333. The fourth-order valence-electron chi connectivity index (χ4n) is 5.60. The van der Waals surface area contributed by atoms with Crippen molar-refractivity contribution in [3.63, 3.8) is 0 Å². The molecule has 0 spiro atoms. The maximum absolute atomic E-state index is 13.2. The van der Waals surface area contributed by atoms with Crippen LogP contribution in [-0.2, 0) is 0 Å². The van der Waals surface area contributed by atoms with Crippen LogP contribution in [-0.4, -0.2) is 60.9 Å². The Balaban J connectivity index is 1.34. The summed E-state index contributed by atoms with van der Waals surface area (Å²) in [4.78, 5) is 43.5. The zero-order valence-corrected chi connectivity index (χ0v) is 23.6. The van der Waals surface area contributed by atoms with Crippen LogP contribution in [0.4, 0.5) is 11.4 Å². The number of anilines is 2. The van der Waals surface area contributed by atoms with Gasteiger partial charge in [0.05, 0.1) is 23.0 Å². The Labute approximate surface area is 246 Å². The summed E-state index contributed by atoms with van der Waals surface area (Å²) in [5.41, 5.74) is 9.43. The standard InChI is InChI=1S/C33H36N6O3/c34-22-23-7-9-25(10-8-23)33(42)39-18-4-17-38(19-20-39)30-16-11-26(32(41)36-28-14-12-27(35)13-15-28)21-29(30)37-31(40)24-5-2-1-3-6-24/h1-3,5-11,16,21,27-28H,4,12-15,17-20,35H2,(H,36,41)(H,37,40). The average molecular weight is 565 g/mol. The van der Waals surface area contributed by atoms with E-state index < -0.39 is 0 Å². The molecule has 3 amide bonds. The number of hydrogen-bond acceptors (Lipinski definition) is 6. The largest absolute Gasteiger partial charge is 0.368 e. The molecule has 2 aliphatic rings. The molecule has 0 bridgehead atoms. The van der Waals surface area contributed by atoms with Gasteiger partial charge in [-0.15, -0.1) is 0 Å². The van der Waals surface area contributed by atoms with E-state index in [4.69, 9.17) is 11.0 Å². The second-order valence-corrected chi connectivity index (χ2v) is 11.0. The lowest BCUT2D eigenvalue weighted by Crippen LogP contribution is -2.40. The summed E-state index contributed by atoms with van der Waals surface area (Å²) in [6.07, 6.45) is 4.23. The Morgan fingerprint density at radius 1 is 0.786 bits per heavy atom. The van der Waals surface area contributed by atoms with Crippen molar-refractivity contribution < 1.29 is 14.4 Å². The van der Waals surface area contributed by atoms with Gasteiger partial charge in [0.1, 0.15) is 0 Å². The van der Waals surface area contributed by atoms with Gasteiger partial charge in [0.25, 0.3) is 17.7 Å². The van der Waals surface area contributed by atoms with Gasteiger partial charge in [-0.1, -0.05) is 18.2 Å². The van der Waals surface area contributed by atoms with Gasteiger partial charge in [0.15, 0.2) is 0 Å². The van der Waals surface area contributed by atoms with Crippen molar-refractivity contribution in [1.29, 1.82) is 5.26 Å². The molecule has 3 aromatic rings. The minimum Gasteiger partial charge on any atom is -0.368 e. The van der Waals surface area contributed by atoms with Gasteiger partial charge in [-0.05, 0) is 86.7 Å². The van der Waals surface area contributed by atoms with Crippen LogP contribution >= 0.6 is 0 Å². The zero-order valence-electron chi connectivity index (χ0n) is 23.6. The third kappa shape index (κ3) is 6.96. The molecule has 0 unspecified atom stereocenters. The Kier molecular flexibility index (Phi) is 9.15. The van der Waals surface area contributed by atoms with E-state index in [-0.39, 0.29) is 29.8 Å². The number of nitrogens with one attached hydrogen (secondary N) is 2. The van der Waals surface area contributed by atoms with Crippen LogP contribution in [0, 0.1) is 11.3 Å². The minimum atomic E-state index is -0.261. The zero-order chi connectivity index (χ0) is 29.5. The van der Waals surface area contributed by atoms with E-state index in [2.05, 4.69) is 21.6 Å². The third-order valence-corrected chi connectivity index (χ3v) is 8.03. The molecule has 1 saturated carbocycles. The topological polar surface area (TPSA) is 132 Å². The number of nitriles is 1. The van der Waals surface area contributed by atoms with E-state index in [9.17, 15) is 14.4 Å². The lowest BCUT2D eigenvalue weighted by molar-refractivity contribution is 0.0766. The average Bonchev–Trinajstić information content (AvgIpc) is 3.28. The minimum absolute atomic E-state index is 0.0744. The molecule has 9 nitrogen and oxygen atoms in total. The third-order valence-electron chi connectivity index (χ3n) is 8.03. The molecule has 1 heterocycles. The first-order valence-electron chi connectivity index (χ1n) is 14.5. The van der Waals surface area contributed by atoms with Crippen LogP contribution in [0.15, 0.2) is 72.8 Å². The molecule has 0 atom stereocenters. The fourth-order valence-corrected chi connectivity index (χ4v) is 5.60. The molecule has 9 heteroatoms. The highest BCUT2D eigenvalue weighted by Gasteiger charge is 2.25. The van der Waals surface area contributed by atoms with Crippen molar-refractivity contribution in [3.05, 3.63) is 95.1 Å². The van der Waals surface area contributed by atoms with Gasteiger partial charge in [0, 0.05) is 55.0 Å². The number of nitrogens with zero attached hydrogens (tertiary/aromatic N) is 3. The molecular formula is C33H36N6O3. The molecule has 2 fully saturated rings. The number of hydrogen-bond donors (Lipinski definition) is 3. The monoisotopic (exact) mass is 564 g/mol. The van der Waals surface area contributed by atoms with Crippen LogP contribution < -0.4 is 21.3 Å². The summed E-state index contributed by atoms with van der Waals surface area (Å²) in [7, 11) is 0. The van der Waals surface area contributed by atoms with Gasteiger partial charge in [-0.25, -0.2) is 0 Å². The van der Waals surface area contributed by atoms with Gasteiger partial charge >= 0.3 is 0 Å². The van der Waals surface area contributed by atoms with E-state index in [0.717, 1.165) is 37.8 Å². The second-order valence-electron chi connectivity index (χ2n) is 11.0. The highest BCUT2D eigenvalue weighted by molar-refractivity contribution is 6.07.